The van der Waals surface area contributed by atoms with Gasteiger partial charge in [0.25, 0.3) is 5.91 Å². The minimum Gasteiger partial charge on any atom is -0.461 e. The molecule has 6 heteroatoms. The van der Waals surface area contributed by atoms with Crippen molar-refractivity contribution >= 4 is 11.9 Å². The van der Waals surface area contributed by atoms with Gasteiger partial charge in [-0.05, 0) is 93.6 Å². The van der Waals surface area contributed by atoms with E-state index < -0.39 is 5.97 Å². The van der Waals surface area contributed by atoms with Crippen molar-refractivity contribution in [2.24, 2.45) is 0 Å². The monoisotopic (exact) mass is 495 g/mol. The van der Waals surface area contributed by atoms with Crippen LogP contribution in [0.3, 0.4) is 0 Å². The van der Waals surface area contributed by atoms with Crippen molar-refractivity contribution in [2.75, 3.05) is 6.61 Å². The van der Waals surface area contributed by atoms with Crippen LogP contribution in [0.5, 0.6) is 0 Å². The van der Waals surface area contributed by atoms with Crippen LogP contribution in [0.2, 0.25) is 0 Å². The highest BCUT2D eigenvalue weighted by Crippen LogP contribution is 2.26. The van der Waals surface area contributed by atoms with Gasteiger partial charge in [-0.2, -0.15) is 5.10 Å². The normalized spacial score (nSPS) is 11.7. The lowest BCUT2D eigenvalue weighted by Gasteiger charge is -2.14. The van der Waals surface area contributed by atoms with Crippen LogP contribution in [-0.2, 0) is 11.2 Å². The molecule has 0 aliphatic heterocycles. The summed E-state index contributed by atoms with van der Waals surface area (Å²) in [5, 5.41) is 7.63. The summed E-state index contributed by atoms with van der Waals surface area (Å²) in [5.74, 6) is -0.582. The van der Waals surface area contributed by atoms with Gasteiger partial charge < -0.3 is 10.1 Å². The van der Waals surface area contributed by atoms with Crippen LogP contribution in [0, 0.1) is 13.8 Å². The first-order valence-electron chi connectivity index (χ1n) is 12.7. The summed E-state index contributed by atoms with van der Waals surface area (Å²) in [6, 6.07) is 25.5. The fourth-order valence-electron chi connectivity index (χ4n) is 4.15. The number of benzene rings is 3. The van der Waals surface area contributed by atoms with Crippen LogP contribution < -0.4 is 5.32 Å². The maximum Gasteiger partial charge on any atom is 0.358 e. The third-order valence-corrected chi connectivity index (χ3v) is 6.46. The molecule has 4 rings (SSSR count). The number of amides is 1. The standard InChI is InChI=1S/C31H33N3O3/c1-5-37-31(36)28-20-29(26-14-11-21(2)22(3)19-26)34(33-28)27-17-15-25(16-18-27)30(35)32-23(4)12-13-24-9-7-6-8-10-24/h6-11,14-20,23H,5,12-13H2,1-4H3,(H,32,35)/t23-/m0/s1. The van der Waals surface area contributed by atoms with Gasteiger partial charge in [0, 0.05) is 17.2 Å². The predicted molar refractivity (Wildman–Crippen MR) is 146 cm³/mol. The van der Waals surface area contributed by atoms with E-state index >= 15 is 0 Å². The van der Waals surface area contributed by atoms with Gasteiger partial charge in [-0.1, -0.05) is 42.5 Å². The van der Waals surface area contributed by atoms with E-state index in [9.17, 15) is 9.59 Å². The number of esters is 1. The molecule has 0 saturated heterocycles. The molecule has 37 heavy (non-hydrogen) atoms. The summed E-state index contributed by atoms with van der Waals surface area (Å²) in [7, 11) is 0. The van der Waals surface area contributed by atoms with Crippen molar-refractivity contribution in [1.82, 2.24) is 15.1 Å². The van der Waals surface area contributed by atoms with Crippen LogP contribution in [0.1, 0.15) is 57.8 Å². The molecule has 190 valence electrons. The maximum absolute atomic E-state index is 12.8. The van der Waals surface area contributed by atoms with Crippen LogP contribution >= 0.6 is 0 Å². The van der Waals surface area contributed by atoms with Gasteiger partial charge in [0.15, 0.2) is 5.69 Å². The second-order valence-electron chi connectivity index (χ2n) is 9.29. The Bertz CT molecular complexity index is 1370. The molecule has 0 aliphatic carbocycles. The number of ether oxygens (including phenoxy) is 1. The second-order valence-corrected chi connectivity index (χ2v) is 9.29. The van der Waals surface area contributed by atoms with Crippen LogP contribution in [0.15, 0.2) is 78.9 Å². The highest BCUT2D eigenvalue weighted by Gasteiger charge is 2.18. The second kappa shape index (κ2) is 11.7. The zero-order chi connectivity index (χ0) is 26.4. The molecular formula is C31H33N3O3. The zero-order valence-corrected chi connectivity index (χ0v) is 21.8. The quantitative estimate of drug-likeness (QED) is 0.286. The van der Waals surface area contributed by atoms with Crippen molar-refractivity contribution in [2.45, 2.75) is 46.6 Å². The highest BCUT2D eigenvalue weighted by atomic mass is 16.5. The predicted octanol–water partition coefficient (Wildman–Crippen LogP) is 6.08. The topological polar surface area (TPSA) is 73.2 Å². The average molecular weight is 496 g/mol. The van der Waals surface area contributed by atoms with Crippen LogP contribution in [-0.4, -0.2) is 34.3 Å². The van der Waals surface area contributed by atoms with E-state index in [2.05, 4.69) is 48.5 Å². The molecule has 3 aromatic carbocycles. The highest BCUT2D eigenvalue weighted by molar-refractivity contribution is 5.94. The molecule has 1 N–H and O–H groups in total. The van der Waals surface area contributed by atoms with E-state index in [1.165, 1.54) is 11.1 Å². The molecule has 0 bridgehead atoms. The molecule has 0 fully saturated rings. The van der Waals surface area contributed by atoms with Gasteiger partial charge in [0.2, 0.25) is 0 Å². The molecule has 0 aliphatic rings. The Balaban J connectivity index is 1.53. The molecular weight excluding hydrogens is 462 g/mol. The molecule has 1 aromatic heterocycles. The van der Waals surface area contributed by atoms with E-state index in [1.807, 2.05) is 43.3 Å². The Morgan fingerprint density at radius 3 is 2.35 bits per heavy atom. The Hall–Kier alpha value is -4.19. The minimum absolute atomic E-state index is 0.0435. The maximum atomic E-state index is 12.8. The van der Waals surface area contributed by atoms with Crippen molar-refractivity contribution in [3.05, 3.63) is 107 Å². The number of aromatic nitrogens is 2. The minimum atomic E-state index is -0.466. The van der Waals surface area contributed by atoms with E-state index in [1.54, 1.807) is 29.8 Å². The molecule has 0 spiro atoms. The number of hydrogen-bond acceptors (Lipinski definition) is 4. The molecule has 1 atom stereocenters. The van der Waals surface area contributed by atoms with Gasteiger partial charge in [-0.3, -0.25) is 4.79 Å². The van der Waals surface area contributed by atoms with E-state index in [-0.39, 0.29) is 24.2 Å². The summed E-state index contributed by atoms with van der Waals surface area (Å²) in [6.07, 6.45) is 1.77. The summed E-state index contributed by atoms with van der Waals surface area (Å²) < 4.78 is 6.90. The van der Waals surface area contributed by atoms with Crippen molar-refractivity contribution in [1.29, 1.82) is 0 Å². The van der Waals surface area contributed by atoms with Gasteiger partial charge in [-0.15, -0.1) is 0 Å². The van der Waals surface area contributed by atoms with Gasteiger partial charge in [0.05, 0.1) is 18.0 Å². The lowest BCUT2D eigenvalue weighted by Crippen LogP contribution is -2.32. The number of nitrogens with zero attached hydrogens (tertiary/aromatic N) is 2. The zero-order valence-electron chi connectivity index (χ0n) is 21.8. The Labute approximate surface area is 218 Å². The fraction of sp³-hybridized carbons (Fsp3) is 0.258. The first kappa shape index (κ1) is 25.9. The summed E-state index contributed by atoms with van der Waals surface area (Å²) in [5.41, 5.74) is 6.87. The first-order chi connectivity index (χ1) is 17.9. The van der Waals surface area contributed by atoms with Crippen molar-refractivity contribution in [3.8, 4) is 16.9 Å². The summed E-state index contributed by atoms with van der Waals surface area (Å²) in [4.78, 5) is 25.3. The third kappa shape index (κ3) is 6.33. The van der Waals surface area contributed by atoms with Crippen molar-refractivity contribution < 1.29 is 14.3 Å². The number of carbonyl (C=O) groups is 2. The van der Waals surface area contributed by atoms with Gasteiger partial charge in [0.1, 0.15) is 0 Å². The van der Waals surface area contributed by atoms with Gasteiger partial charge >= 0.3 is 5.97 Å². The lowest BCUT2D eigenvalue weighted by atomic mass is 10.0. The van der Waals surface area contributed by atoms with Crippen LogP contribution in [0.25, 0.3) is 16.9 Å². The fourth-order valence-corrected chi connectivity index (χ4v) is 4.15. The number of aryl methyl sites for hydroxylation is 3. The van der Waals surface area contributed by atoms with E-state index in [4.69, 9.17) is 4.74 Å². The molecule has 4 aromatic rings. The molecule has 6 nitrogen and oxygen atoms in total. The largest absolute Gasteiger partial charge is 0.461 e. The number of nitrogens with one attached hydrogen (secondary N) is 1. The summed E-state index contributed by atoms with van der Waals surface area (Å²) >= 11 is 0. The number of hydrogen-bond donors (Lipinski definition) is 1. The number of rotatable bonds is 9. The lowest BCUT2D eigenvalue weighted by molar-refractivity contribution is 0.0518. The van der Waals surface area contributed by atoms with Gasteiger partial charge in [-0.25, -0.2) is 9.48 Å². The molecule has 0 unspecified atom stereocenters. The summed E-state index contributed by atoms with van der Waals surface area (Å²) in [6.45, 7) is 8.18. The third-order valence-electron chi connectivity index (χ3n) is 6.46. The van der Waals surface area contributed by atoms with Crippen LogP contribution in [0.4, 0.5) is 0 Å². The Kier molecular flexibility index (Phi) is 8.18. The smallest absolute Gasteiger partial charge is 0.358 e. The SMILES string of the molecule is CCOC(=O)c1cc(-c2ccc(C)c(C)c2)n(-c2ccc(C(=O)N[C@@H](C)CCc3ccccc3)cc2)n1. The first-order valence-corrected chi connectivity index (χ1v) is 12.7. The molecule has 1 heterocycles. The molecule has 0 saturated carbocycles. The van der Waals surface area contributed by atoms with E-state index in [0.29, 0.717) is 5.56 Å². The molecule has 0 radical (unpaired) electrons. The average Bonchev–Trinajstić information content (AvgIpc) is 3.36. The van der Waals surface area contributed by atoms with E-state index in [0.717, 1.165) is 35.3 Å². The van der Waals surface area contributed by atoms with Crippen molar-refractivity contribution in [3.63, 3.8) is 0 Å². The Morgan fingerprint density at radius 1 is 0.946 bits per heavy atom. The number of carbonyl (C=O) groups excluding carboxylic acids is 2. The molecule has 1 amide bonds. The Morgan fingerprint density at radius 2 is 1.68 bits per heavy atom.